The quantitative estimate of drug-likeness (QED) is 0.865. The van der Waals surface area contributed by atoms with Crippen LogP contribution in [-0.4, -0.2) is 12.0 Å². The number of nitrogens with one attached hydrogen (secondary N) is 1. The van der Waals surface area contributed by atoms with Crippen LogP contribution in [0, 0.1) is 0 Å². The van der Waals surface area contributed by atoms with Gasteiger partial charge in [0.1, 0.15) is 5.75 Å². The topological polar surface area (TPSA) is 38.3 Å². The molecule has 1 aliphatic rings. The second kappa shape index (κ2) is 7.52. The van der Waals surface area contributed by atoms with Gasteiger partial charge in [-0.25, -0.2) is 0 Å². The van der Waals surface area contributed by atoms with E-state index in [0.29, 0.717) is 18.9 Å². The van der Waals surface area contributed by atoms with Crippen LogP contribution in [0.15, 0.2) is 48.5 Å². The molecule has 0 bridgehead atoms. The fourth-order valence-electron chi connectivity index (χ4n) is 3.31. The molecule has 1 amide bonds. The zero-order valence-electron chi connectivity index (χ0n) is 14.4. The monoisotopic (exact) mass is 323 g/mol. The molecule has 0 radical (unpaired) electrons. The Bertz CT molecular complexity index is 691. The molecule has 1 aliphatic carbocycles. The summed E-state index contributed by atoms with van der Waals surface area (Å²) in [5, 5.41) is 3.04. The van der Waals surface area contributed by atoms with Gasteiger partial charge in [0.05, 0.1) is 6.10 Å². The van der Waals surface area contributed by atoms with Gasteiger partial charge in [0, 0.05) is 13.0 Å². The third kappa shape index (κ3) is 4.16. The highest BCUT2D eigenvalue weighted by molar-refractivity contribution is 5.77. The number of amides is 1. The highest BCUT2D eigenvalue weighted by Crippen LogP contribution is 2.35. The molecule has 0 spiro atoms. The number of carbonyl (C=O) groups is 1. The van der Waals surface area contributed by atoms with Gasteiger partial charge in [-0.2, -0.15) is 0 Å². The average Bonchev–Trinajstić information content (AvgIpc) is 2.97. The fourth-order valence-corrected chi connectivity index (χ4v) is 3.31. The molecule has 1 atom stereocenters. The molecule has 0 fully saturated rings. The Hall–Kier alpha value is -2.29. The van der Waals surface area contributed by atoms with E-state index in [1.165, 1.54) is 11.1 Å². The van der Waals surface area contributed by atoms with E-state index in [4.69, 9.17) is 4.74 Å². The normalized spacial score (nSPS) is 16.0. The maximum absolute atomic E-state index is 12.3. The number of fused-ring (bicyclic) bond motifs is 1. The van der Waals surface area contributed by atoms with Gasteiger partial charge in [0.2, 0.25) is 5.91 Å². The van der Waals surface area contributed by atoms with E-state index in [0.717, 1.165) is 24.2 Å². The van der Waals surface area contributed by atoms with Crippen LogP contribution < -0.4 is 10.1 Å². The van der Waals surface area contributed by atoms with Crippen LogP contribution in [0.4, 0.5) is 0 Å². The van der Waals surface area contributed by atoms with Gasteiger partial charge in [-0.15, -0.1) is 0 Å². The molecule has 0 saturated carbocycles. The summed E-state index contributed by atoms with van der Waals surface area (Å²) in [6, 6.07) is 16.4. The van der Waals surface area contributed by atoms with Gasteiger partial charge >= 0.3 is 0 Å². The second-order valence-electron chi connectivity index (χ2n) is 6.73. The van der Waals surface area contributed by atoms with Crippen molar-refractivity contribution >= 4 is 5.91 Å². The number of benzene rings is 2. The molecule has 2 aromatic carbocycles. The van der Waals surface area contributed by atoms with Crippen molar-refractivity contribution in [2.24, 2.45) is 0 Å². The number of hydrogen-bond donors (Lipinski definition) is 1. The number of aryl methyl sites for hydroxylation is 1. The summed E-state index contributed by atoms with van der Waals surface area (Å²) in [7, 11) is 0. The molecular weight excluding hydrogens is 298 g/mol. The van der Waals surface area contributed by atoms with Crippen molar-refractivity contribution in [1.82, 2.24) is 5.32 Å². The van der Waals surface area contributed by atoms with E-state index in [9.17, 15) is 4.79 Å². The summed E-state index contributed by atoms with van der Waals surface area (Å²) in [6.45, 7) is 4.58. The Morgan fingerprint density at radius 3 is 2.67 bits per heavy atom. The molecule has 3 heteroatoms. The van der Waals surface area contributed by atoms with Crippen LogP contribution in [0.25, 0.3) is 0 Å². The van der Waals surface area contributed by atoms with E-state index in [1.807, 2.05) is 38.1 Å². The van der Waals surface area contributed by atoms with Crippen LogP contribution in [0.3, 0.4) is 0 Å². The first-order chi connectivity index (χ1) is 11.6. The lowest BCUT2D eigenvalue weighted by Crippen LogP contribution is -2.24. The SMILES string of the molecule is CC(C)Oc1ccc(CNC(=O)CC2CCc3ccccc32)cc1. The third-order valence-electron chi connectivity index (χ3n) is 4.47. The lowest BCUT2D eigenvalue weighted by molar-refractivity contribution is -0.121. The molecular formula is C21H25NO2. The standard InChI is InChI=1S/C21H25NO2/c1-15(2)24-19-11-7-16(8-12-19)14-22-21(23)13-18-10-9-17-5-3-4-6-20(17)18/h3-8,11-12,15,18H,9-10,13-14H2,1-2H3,(H,22,23). The van der Waals surface area contributed by atoms with Crippen LogP contribution >= 0.6 is 0 Å². The number of ether oxygens (including phenoxy) is 1. The van der Waals surface area contributed by atoms with Crippen molar-refractivity contribution in [2.75, 3.05) is 0 Å². The maximum Gasteiger partial charge on any atom is 0.220 e. The number of carbonyl (C=O) groups excluding carboxylic acids is 1. The van der Waals surface area contributed by atoms with Gasteiger partial charge < -0.3 is 10.1 Å². The Morgan fingerprint density at radius 1 is 1.17 bits per heavy atom. The third-order valence-corrected chi connectivity index (χ3v) is 4.47. The minimum absolute atomic E-state index is 0.124. The molecule has 0 aromatic heterocycles. The molecule has 0 heterocycles. The lowest BCUT2D eigenvalue weighted by Gasteiger charge is -2.13. The number of hydrogen-bond acceptors (Lipinski definition) is 2. The van der Waals surface area contributed by atoms with Gasteiger partial charge in [0.15, 0.2) is 0 Å². The lowest BCUT2D eigenvalue weighted by atomic mass is 9.97. The average molecular weight is 323 g/mol. The first-order valence-electron chi connectivity index (χ1n) is 8.72. The van der Waals surface area contributed by atoms with Crippen molar-refractivity contribution in [1.29, 1.82) is 0 Å². The molecule has 126 valence electrons. The summed E-state index contributed by atoms with van der Waals surface area (Å²) in [4.78, 5) is 12.3. The van der Waals surface area contributed by atoms with E-state index >= 15 is 0 Å². The van der Waals surface area contributed by atoms with Crippen molar-refractivity contribution in [2.45, 2.75) is 51.7 Å². The van der Waals surface area contributed by atoms with Gasteiger partial charge in [-0.3, -0.25) is 4.79 Å². The molecule has 0 aliphatic heterocycles. The van der Waals surface area contributed by atoms with Gasteiger partial charge in [-0.1, -0.05) is 36.4 Å². The maximum atomic E-state index is 12.3. The summed E-state index contributed by atoms with van der Waals surface area (Å²) in [6.07, 6.45) is 2.91. The molecule has 3 rings (SSSR count). The van der Waals surface area contributed by atoms with Crippen molar-refractivity contribution in [3.8, 4) is 5.75 Å². The predicted octanol–water partition coefficient (Wildman–Crippen LogP) is 4.21. The molecule has 1 unspecified atom stereocenters. The van der Waals surface area contributed by atoms with E-state index in [1.54, 1.807) is 0 Å². The molecule has 1 N–H and O–H groups in total. The smallest absolute Gasteiger partial charge is 0.220 e. The highest BCUT2D eigenvalue weighted by Gasteiger charge is 2.23. The first kappa shape index (κ1) is 16.6. The minimum Gasteiger partial charge on any atom is -0.491 e. The van der Waals surface area contributed by atoms with Crippen LogP contribution in [0.5, 0.6) is 5.75 Å². The summed E-state index contributed by atoms with van der Waals surface area (Å²) in [5.41, 5.74) is 3.84. The Labute approximate surface area is 144 Å². The largest absolute Gasteiger partial charge is 0.491 e. The van der Waals surface area contributed by atoms with Crippen molar-refractivity contribution in [3.05, 3.63) is 65.2 Å². The first-order valence-corrected chi connectivity index (χ1v) is 8.72. The van der Waals surface area contributed by atoms with Gasteiger partial charge in [-0.05, 0) is 61.4 Å². The second-order valence-corrected chi connectivity index (χ2v) is 6.73. The molecule has 0 saturated heterocycles. The van der Waals surface area contributed by atoms with E-state index in [-0.39, 0.29) is 12.0 Å². The van der Waals surface area contributed by atoms with E-state index < -0.39 is 0 Å². The summed E-state index contributed by atoms with van der Waals surface area (Å²) in [5.74, 6) is 1.35. The summed E-state index contributed by atoms with van der Waals surface area (Å²) < 4.78 is 5.63. The molecule has 24 heavy (non-hydrogen) atoms. The molecule has 2 aromatic rings. The predicted molar refractivity (Wildman–Crippen MR) is 96.2 cm³/mol. The Kier molecular flexibility index (Phi) is 5.19. The summed E-state index contributed by atoms with van der Waals surface area (Å²) >= 11 is 0. The Balaban J connectivity index is 1.49. The zero-order chi connectivity index (χ0) is 16.9. The highest BCUT2D eigenvalue weighted by atomic mass is 16.5. The van der Waals surface area contributed by atoms with Crippen LogP contribution in [-0.2, 0) is 17.8 Å². The van der Waals surface area contributed by atoms with E-state index in [2.05, 4.69) is 29.6 Å². The Morgan fingerprint density at radius 2 is 1.92 bits per heavy atom. The van der Waals surface area contributed by atoms with Crippen molar-refractivity contribution < 1.29 is 9.53 Å². The van der Waals surface area contributed by atoms with Gasteiger partial charge in [0.25, 0.3) is 0 Å². The molecule has 3 nitrogen and oxygen atoms in total. The number of rotatable bonds is 6. The zero-order valence-corrected chi connectivity index (χ0v) is 14.4. The van der Waals surface area contributed by atoms with Crippen molar-refractivity contribution in [3.63, 3.8) is 0 Å². The fraction of sp³-hybridized carbons (Fsp3) is 0.381. The van der Waals surface area contributed by atoms with Crippen LogP contribution in [0.1, 0.15) is 49.3 Å². The van der Waals surface area contributed by atoms with Crippen LogP contribution in [0.2, 0.25) is 0 Å². The minimum atomic E-state index is 0.124.